The Balaban J connectivity index is 1.94. The van der Waals surface area contributed by atoms with Crippen molar-refractivity contribution in [3.8, 4) is 5.75 Å². The third kappa shape index (κ3) is 5.97. The van der Waals surface area contributed by atoms with Crippen LogP contribution in [0.1, 0.15) is 19.4 Å². The number of nitrogens with one attached hydrogen (secondary N) is 1. The van der Waals surface area contributed by atoms with Crippen LogP contribution in [0.25, 0.3) is 0 Å². The van der Waals surface area contributed by atoms with E-state index in [0.717, 1.165) is 17.7 Å². The molecule has 0 aromatic heterocycles. The first kappa shape index (κ1) is 21.3. The lowest BCUT2D eigenvalue weighted by Gasteiger charge is -2.22. The van der Waals surface area contributed by atoms with Crippen molar-refractivity contribution in [2.24, 2.45) is 0 Å². The molecule has 1 atom stereocenters. The minimum absolute atomic E-state index is 0.0631. The Morgan fingerprint density at radius 3 is 2.63 bits per heavy atom. The zero-order valence-electron chi connectivity index (χ0n) is 15.5. The van der Waals surface area contributed by atoms with Gasteiger partial charge in [0.2, 0.25) is 5.91 Å². The van der Waals surface area contributed by atoms with Crippen molar-refractivity contribution in [1.29, 1.82) is 0 Å². The van der Waals surface area contributed by atoms with Crippen LogP contribution in [0.15, 0.2) is 46.9 Å². The van der Waals surface area contributed by atoms with Gasteiger partial charge in [-0.1, -0.05) is 36.7 Å². The number of ether oxygens (including phenoxy) is 1. The Hall–Kier alpha value is -2.05. The summed E-state index contributed by atoms with van der Waals surface area (Å²) in [4.78, 5) is 26.2. The first-order valence-corrected chi connectivity index (χ1v) is 9.73. The molecule has 0 heterocycles. The number of para-hydroxylation sites is 1. The molecule has 2 amide bonds. The monoisotopic (exact) mass is 452 g/mol. The van der Waals surface area contributed by atoms with Gasteiger partial charge in [0, 0.05) is 17.8 Å². The fourth-order valence-corrected chi connectivity index (χ4v) is 3.33. The summed E-state index contributed by atoms with van der Waals surface area (Å²) in [6.07, 6.45) is 0.0645. The van der Waals surface area contributed by atoms with Gasteiger partial charge in [0.15, 0.2) is 6.10 Å². The molecule has 0 aliphatic heterocycles. The molecule has 7 heteroatoms. The van der Waals surface area contributed by atoms with Crippen LogP contribution in [0.2, 0.25) is 5.02 Å². The minimum atomic E-state index is -0.747. The number of nitrogens with zero attached hydrogens (tertiary/aromatic N) is 1. The number of hydrogen-bond acceptors (Lipinski definition) is 3. The van der Waals surface area contributed by atoms with Crippen molar-refractivity contribution < 1.29 is 14.3 Å². The van der Waals surface area contributed by atoms with Crippen molar-refractivity contribution in [2.45, 2.75) is 26.4 Å². The van der Waals surface area contributed by atoms with Gasteiger partial charge in [-0.2, -0.15) is 0 Å². The van der Waals surface area contributed by atoms with Gasteiger partial charge in [-0.25, -0.2) is 0 Å². The molecule has 0 radical (unpaired) electrons. The van der Waals surface area contributed by atoms with E-state index in [1.54, 1.807) is 32.2 Å². The third-order valence-corrected chi connectivity index (χ3v) is 4.83. The molecule has 5 nitrogen and oxygen atoms in total. The Morgan fingerprint density at radius 1 is 1.26 bits per heavy atom. The quantitative estimate of drug-likeness (QED) is 0.670. The van der Waals surface area contributed by atoms with Gasteiger partial charge in [-0.15, -0.1) is 0 Å². The molecule has 0 saturated heterocycles. The van der Waals surface area contributed by atoms with Crippen LogP contribution < -0.4 is 10.1 Å². The Bertz CT molecular complexity index is 829. The number of carbonyl (C=O) groups excluding carboxylic acids is 2. The van der Waals surface area contributed by atoms with E-state index in [9.17, 15) is 9.59 Å². The van der Waals surface area contributed by atoms with Crippen molar-refractivity contribution in [1.82, 2.24) is 4.90 Å². The van der Waals surface area contributed by atoms with E-state index in [1.165, 1.54) is 4.90 Å². The topological polar surface area (TPSA) is 58.6 Å². The fraction of sp³-hybridized carbons (Fsp3) is 0.300. The summed E-state index contributed by atoms with van der Waals surface area (Å²) < 4.78 is 6.35. The summed E-state index contributed by atoms with van der Waals surface area (Å²) >= 11 is 9.26. The van der Waals surface area contributed by atoms with Gasteiger partial charge >= 0.3 is 0 Å². The first-order valence-electron chi connectivity index (χ1n) is 8.56. The second kappa shape index (κ2) is 9.76. The third-order valence-electron chi connectivity index (χ3n) is 3.97. The zero-order chi connectivity index (χ0) is 20.0. The molecule has 1 unspecified atom stereocenters. The van der Waals surface area contributed by atoms with Gasteiger partial charge in [0.05, 0.1) is 11.0 Å². The van der Waals surface area contributed by atoms with Gasteiger partial charge < -0.3 is 15.0 Å². The highest BCUT2D eigenvalue weighted by Gasteiger charge is 2.22. The molecule has 2 rings (SSSR count). The van der Waals surface area contributed by atoms with Gasteiger partial charge in [-0.3, -0.25) is 9.59 Å². The average molecular weight is 454 g/mol. The smallest absolute Gasteiger partial charge is 0.263 e. The molecule has 1 N–H and O–H groups in total. The number of hydrogen-bond donors (Lipinski definition) is 1. The number of benzene rings is 2. The van der Waals surface area contributed by atoms with Crippen LogP contribution >= 0.6 is 27.5 Å². The lowest BCUT2D eigenvalue weighted by Crippen LogP contribution is -2.42. The van der Waals surface area contributed by atoms with Crippen LogP contribution in [-0.2, 0) is 16.0 Å². The van der Waals surface area contributed by atoms with Gasteiger partial charge in [0.25, 0.3) is 5.91 Å². The molecule has 2 aromatic rings. The van der Waals surface area contributed by atoms with E-state index in [0.29, 0.717) is 15.2 Å². The molecule has 0 fully saturated rings. The van der Waals surface area contributed by atoms with Crippen LogP contribution in [0.4, 0.5) is 5.69 Å². The number of likely N-dealkylation sites (N-methyl/N-ethyl adjacent to an activating group) is 1. The van der Waals surface area contributed by atoms with Crippen molar-refractivity contribution in [3.05, 3.63) is 57.5 Å². The maximum Gasteiger partial charge on any atom is 0.263 e. The molecule has 0 spiro atoms. The predicted octanol–water partition coefficient (Wildman–Crippen LogP) is 4.53. The van der Waals surface area contributed by atoms with Crippen LogP contribution in [0.5, 0.6) is 5.75 Å². The number of amides is 2. The highest BCUT2D eigenvalue weighted by molar-refractivity contribution is 9.10. The summed E-state index contributed by atoms with van der Waals surface area (Å²) in [5.74, 6) is -0.0441. The highest BCUT2D eigenvalue weighted by atomic mass is 79.9. The SMILES string of the molecule is CCc1ccccc1NC(=O)CN(C)C(=O)C(C)Oc1ccc(Cl)cc1Br. The van der Waals surface area contributed by atoms with E-state index in [2.05, 4.69) is 21.2 Å². The van der Waals surface area contributed by atoms with Crippen LogP contribution in [0, 0.1) is 0 Å². The summed E-state index contributed by atoms with van der Waals surface area (Å²) in [5, 5.41) is 3.42. The summed E-state index contributed by atoms with van der Waals surface area (Å²) in [5.41, 5.74) is 1.81. The Kier molecular flexibility index (Phi) is 7.68. The minimum Gasteiger partial charge on any atom is -0.480 e. The maximum absolute atomic E-state index is 12.5. The van der Waals surface area contributed by atoms with Crippen molar-refractivity contribution in [2.75, 3.05) is 18.9 Å². The molecular weight excluding hydrogens is 432 g/mol. The van der Waals surface area contributed by atoms with E-state index in [4.69, 9.17) is 16.3 Å². The van der Waals surface area contributed by atoms with Crippen LogP contribution in [-0.4, -0.2) is 36.4 Å². The fourth-order valence-electron chi connectivity index (χ4n) is 2.56. The van der Waals surface area contributed by atoms with Gasteiger partial charge in [-0.05, 0) is 59.1 Å². The maximum atomic E-state index is 12.5. The molecular formula is C20H22BrClN2O3. The van der Waals surface area contributed by atoms with Gasteiger partial charge in [0.1, 0.15) is 5.75 Å². The standard InChI is InChI=1S/C20H22BrClN2O3/c1-4-14-7-5-6-8-17(14)23-19(25)12-24(3)20(26)13(2)27-18-10-9-15(22)11-16(18)21/h5-11,13H,4,12H2,1-3H3,(H,23,25). The summed E-state index contributed by atoms with van der Waals surface area (Å²) in [6, 6.07) is 12.7. The lowest BCUT2D eigenvalue weighted by molar-refractivity contribution is -0.139. The second-order valence-corrected chi connectivity index (χ2v) is 7.38. The molecule has 0 aliphatic carbocycles. The van der Waals surface area contributed by atoms with Crippen molar-refractivity contribution >= 4 is 45.0 Å². The number of aryl methyl sites for hydroxylation is 1. The van der Waals surface area contributed by atoms with E-state index in [1.807, 2.05) is 31.2 Å². The van der Waals surface area contributed by atoms with Crippen LogP contribution in [0.3, 0.4) is 0 Å². The number of rotatable bonds is 7. The predicted molar refractivity (Wildman–Crippen MR) is 111 cm³/mol. The Morgan fingerprint density at radius 2 is 1.96 bits per heavy atom. The first-order chi connectivity index (χ1) is 12.8. The van der Waals surface area contributed by atoms with Crippen molar-refractivity contribution in [3.63, 3.8) is 0 Å². The van der Waals surface area contributed by atoms with E-state index >= 15 is 0 Å². The summed E-state index contributed by atoms with van der Waals surface area (Å²) in [6.45, 7) is 3.60. The second-order valence-electron chi connectivity index (χ2n) is 6.09. The molecule has 144 valence electrons. The summed E-state index contributed by atoms with van der Waals surface area (Å²) in [7, 11) is 1.57. The number of anilines is 1. The Labute approximate surface area is 172 Å². The highest BCUT2D eigenvalue weighted by Crippen LogP contribution is 2.29. The molecule has 0 saturated carbocycles. The molecule has 0 aliphatic rings. The molecule has 0 bridgehead atoms. The molecule has 2 aromatic carbocycles. The number of carbonyl (C=O) groups is 2. The average Bonchev–Trinajstić information content (AvgIpc) is 2.63. The largest absolute Gasteiger partial charge is 0.480 e. The van der Waals surface area contributed by atoms with E-state index < -0.39 is 6.10 Å². The normalized spacial score (nSPS) is 11.6. The number of halogens is 2. The lowest BCUT2D eigenvalue weighted by atomic mass is 10.1. The zero-order valence-corrected chi connectivity index (χ0v) is 17.8. The molecule has 27 heavy (non-hydrogen) atoms. The van der Waals surface area contributed by atoms with E-state index in [-0.39, 0.29) is 18.4 Å².